The minimum Gasteiger partial charge on any atom is -0.324 e. The molecule has 0 saturated carbocycles. The average Bonchev–Trinajstić information content (AvgIpc) is 2.52. The molecule has 3 nitrogen and oxygen atoms in total. The van der Waals surface area contributed by atoms with Crippen LogP contribution in [0.25, 0.3) is 0 Å². The van der Waals surface area contributed by atoms with Crippen molar-refractivity contribution in [3.63, 3.8) is 0 Å². The summed E-state index contributed by atoms with van der Waals surface area (Å²) in [7, 11) is 0. The largest absolute Gasteiger partial charge is 0.324 e. The van der Waals surface area contributed by atoms with Gasteiger partial charge in [0, 0.05) is 21.3 Å². The zero-order chi connectivity index (χ0) is 15.1. The van der Waals surface area contributed by atoms with E-state index in [2.05, 4.69) is 61.2 Å². The third-order valence-corrected chi connectivity index (χ3v) is 4.06. The van der Waals surface area contributed by atoms with Gasteiger partial charge < -0.3 is 5.32 Å². The number of fused-ring (bicyclic) bond motifs is 1. The first-order chi connectivity index (χ1) is 9.09. The number of halogens is 1. The number of hydrogen-bond acceptors (Lipinski definition) is 2. The molecule has 1 unspecified atom stereocenters. The van der Waals surface area contributed by atoms with Gasteiger partial charge in [0.25, 0.3) is 0 Å². The number of amides is 1. The van der Waals surface area contributed by atoms with Gasteiger partial charge in [-0.1, -0.05) is 42.8 Å². The molecule has 110 valence electrons. The lowest BCUT2D eigenvalue weighted by atomic mass is 9.81. The van der Waals surface area contributed by atoms with Crippen molar-refractivity contribution in [2.75, 3.05) is 5.32 Å². The second-order valence-corrected chi connectivity index (χ2v) is 8.24. The van der Waals surface area contributed by atoms with Crippen LogP contribution in [0.2, 0.25) is 0 Å². The lowest BCUT2D eigenvalue weighted by Gasteiger charge is -2.35. The first-order valence-electron chi connectivity index (χ1n) is 6.96. The third-order valence-electron chi connectivity index (χ3n) is 3.37. The van der Waals surface area contributed by atoms with E-state index >= 15 is 0 Å². The highest BCUT2D eigenvalue weighted by atomic mass is 79.9. The highest BCUT2D eigenvalue weighted by Crippen LogP contribution is 2.38. The first-order valence-corrected chi connectivity index (χ1v) is 7.75. The van der Waals surface area contributed by atoms with E-state index in [0.717, 1.165) is 22.1 Å². The molecule has 2 N–H and O–H groups in total. The summed E-state index contributed by atoms with van der Waals surface area (Å²) in [5.74, 6) is 0.0221. The molecule has 0 saturated heterocycles. The lowest BCUT2D eigenvalue weighted by Crippen LogP contribution is -2.46. The molecular formula is C16H23BrN2O. The molecule has 0 bridgehead atoms. The Morgan fingerprint density at radius 3 is 2.50 bits per heavy atom. The van der Waals surface area contributed by atoms with Crippen LogP contribution in [-0.4, -0.2) is 11.4 Å². The van der Waals surface area contributed by atoms with Gasteiger partial charge in [-0.25, -0.2) is 0 Å². The Labute approximate surface area is 129 Å². The summed E-state index contributed by atoms with van der Waals surface area (Å²) in [6.45, 7) is 11.0. The van der Waals surface area contributed by atoms with Crippen molar-refractivity contribution >= 4 is 27.5 Å². The number of nitrogens with one attached hydrogen (secondary N) is 2. The van der Waals surface area contributed by atoms with Crippen molar-refractivity contribution < 1.29 is 4.79 Å². The first kappa shape index (κ1) is 15.5. The summed E-state index contributed by atoms with van der Waals surface area (Å²) in [6, 6.07) is 5.56. The van der Waals surface area contributed by atoms with Crippen molar-refractivity contribution in [1.29, 1.82) is 0 Å². The van der Waals surface area contributed by atoms with E-state index in [1.165, 1.54) is 0 Å². The number of benzene rings is 1. The Kier molecular flexibility index (Phi) is 4.00. The second-order valence-electron chi connectivity index (χ2n) is 7.39. The molecule has 1 heterocycles. The maximum absolute atomic E-state index is 12.2. The van der Waals surface area contributed by atoms with Gasteiger partial charge >= 0.3 is 0 Å². The van der Waals surface area contributed by atoms with E-state index in [1.807, 2.05) is 18.2 Å². The molecule has 0 spiro atoms. The summed E-state index contributed by atoms with van der Waals surface area (Å²) in [5.41, 5.74) is 2.01. The molecule has 1 aromatic carbocycles. The number of carbonyl (C=O) groups is 1. The van der Waals surface area contributed by atoms with E-state index in [9.17, 15) is 4.79 Å². The van der Waals surface area contributed by atoms with E-state index in [1.54, 1.807) is 0 Å². The maximum Gasteiger partial charge on any atom is 0.246 e. The topological polar surface area (TPSA) is 41.1 Å². The van der Waals surface area contributed by atoms with Gasteiger partial charge in [-0.3, -0.25) is 10.1 Å². The van der Waals surface area contributed by atoms with Crippen molar-refractivity contribution in [2.24, 2.45) is 5.41 Å². The highest BCUT2D eigenvalue weighted by molar-refractivity contribution is 9.10. The number of rotatable bonds is 3. The van der Waals surface area contributed by atoms with Crippen molar-refractivity contribution in [3.8, 4) is 0 Å². The predicted molar refractivity (Wildman–Crippen MR) is 86.8 cm³/mol. The van der Waals surface area contributed by atoms with E-state index < -0.39 is 0 Å². The third kappa shape index (κ3) is 3.41. The lowest BCUT2D eigenvalue weighted by molar-refractivity contribution is -0.118. The fraction of sp³-hybridized carbons (Fsp3) is 0.562. The Morgan fingerprint density at radius 2 is 1.90 bits per heavy atom. The summed E-state index contributed by atoms with van der Waals surface area (Å²) >= 11 is 3.55. The van der Waals surface area contributed by atoms with Crippen LogP contribution in [0.1, 0.15) is 52.6 Å². The van der Waals surface area contributed by atoms with Crippen LogP contribution in [0, 0.1) is 5.41 Å². The van der Waals surface area contributed by atoms with Gasteiger partial charge in [-0.15, -0.1) is 0 Å². The molecular weight excluding hydrogens is 316 g/mol. The van der Waals surface area contributed by atoms with E-state index in [4.69, 9.17) is 0 Å². The van der Waals surface area contributed by atoms with Crippen LogP contribution in [0.3, 0.4) is 0 Å². The average molecular weight is 339 g/mol. The van der Waals surface area contributed by atoms with E-state index in [-0.39, 0.29) is 22.9 Å². The van der Waals surface area contributed by atoms with Gasteiger partial charge in [-0.05, 0) is 37.8 Å². The molecule has 0 aromatic heterocycles. The zero-order valence-electron chi connectivity index (χ0n) is 12.8. The molecule has 1 aromatic rings. The predicted octanol–water partition coefficient (Wildman–Crippen LogP) is 4.25. The summed E-state index contributed by atoms with van der Waals surface area (Å²) in [6.07, 6.45) is 0.990. The monoisotopic (exact) mass is 338 g/mol. The smallest absolute Gasteiger partial charge is 0.246 e. The second kappa shape index (κ2) is 5.15. The molecule has 1 aliphatic rings. The van der Waals surface area contributed by atoms with Crippen LogP contribution in [0.4, 0.5) is 5.69 Å². The fourth-order valence-electron chi connectivity index (χ4n) is 3.18. The van der Waals surface area contributed by atoms with Crippen molar-refractivity contribution in [1.82, 2.24) is 5.32 Å². The summed E-state index contributed by atoms with van der Waals surface area (Å²) < 4.78 is 0.970. The minimum atomic E-state index is -0.294. The van der Waals surface area contributed by atoms with Gasteiger partial charge in [0.05, 0.1) is 0 Å². The Balaban J connectivity index is 2.25. The molecule has 0 fully saturated rings. The molecule has 4 heteroatoms. The zero-order valence-corrected chi connectivity index (χ0v) is 14.4. The van der Waals surface area contributed by atoms with Crippen LogP contribution in [-0.2, 0) is 4.79 Å². The fourth-order valence-corrected chi connectivity index (χ4v) is 3.78. The van der Waals surface area contributed by atoms with Crippen LogP contribution in [0.15, 0.2) is 22.7 Å². The molecule has 2 rings (SSSR count). The van der Waals surface area contributed by atoms with Crippen molar-refractivity contribution in [3.05, 3.63) is 28.2 Å². The van der Waals surface area contributed by atoms with Gasteiger partial charge in [-0.2, -0.15) is 0 Å². The number of carbonyl (C=O) groups excluding carboxylic acids is 1. The van der Waals surface area contributed by atoms with Gasteiger partial charge in [0.15, 0.2) is 0 Å². The Morgan fingerprint density at radius 1 is 1.25 bits per heavy atom. The minimum absolute atomic E-state index is 0.0221. The Bertz CT molecular complexity index is 532. The molecule has 0 aliphatic carbocycles. The normalized spacial score (nSPS) is 18.9. The van der Waals surface area contributed by atoms with Crippen LogP contribution < -0.4 is 10.6 Å². The number of hydrogen-bond donors (Lipinski definition) is 2. The standard InChI is InChI=1S/C16H23BrN2O/c1-15(2,3)9-16(4,5)19-13-12-10(17)7-6-8-11(12)18-14(13)20/h6-8,13,19H,9H2,1-5H3,(H,18,20). The van der Waals surface area contributed by atoms with Gasteiger partial charge in [0.1, 0.15) is 6.04 Å². The Hall–Kier alpha value is -0.870. The molecule has 20 heavy (non-hydrogen) atoms. The summed E-state index contributed by atoms with van der Waals surface area (Å²) in [5, 5.41) is 6.46. The quantitative estimate of drug-likeness (QED) is 0.865. The summed E-state index contributed by atoms with van der Waals surface area (Å²) in [4.78, 5) is 12.2. The highest BCUT2D eigenvalue weighted by Gasteiger charge is 2.37. The molecule has 1 amide bonds. The number of anilines is 1. The molecule has 0 radical (unpaired) electrons. The van der Waals surface area contributed by atoms with Crippen LogP contribution in [0.5, 0.6) is 0 Å². The maximum atomic E-state index is 12.2. The molecule has 1 atom stereocenters. The SMILES string of the molecule is CC(C)(C)CC(C)(C)NC1C(=O)Nc2cccc(Br)c21. The van der Waals surface area contributed by atoms with E-state index in [0.29, 0.717) is 0 Å². The van der Waals surface area contributed by atoms with Crippen molar-refractivity contribution in [2.45, 2.75) is 52.6 Å². The van der Waals surface area contributed by atoms with Crippen LogP contribution >= 0.6 is 15.9 Å². The molecule has 1 aliphatic heterocycles. The van der Waals surface area contributed by atoms with Gasteiger partial charge in [0.2, 0.25) is 5.91 Å².